The zero-order valence-corrected chi connectivity index (χ0v) is 27.0. The molecule has 11 rings (SSSR count). The second-order valence-corrected chi connectivity index (χ2v) is 12.8. The van der Waals surface area contributed by atoms with Crippen LogP contribution in [0.15, 0.2) is 165 Å². The number of fused-ring (bicyclic) bond motifs is 9. The number of furan rings is 3. The van der Waals surface area contributed by atoms with E-state index in [0.29, 0.717) is 17.5 Å². The highest BCUT2D eigenvalue weighted by Gasteiger charge is 2.19. The molecule has 51 heavy (non-hydrogen) atoms. The maximum absolute atomic E-state index is 6.45. The predicted octanol–water partition coefficient (Wildman–Crippen LogP) is 12.2. The molecule has 7 aromatic carbocycles. The molecule has 6 nitrogen and oxygen atoms in total. The molecule has 11 aromatic rings. The summed E-state index contributed by atoms with van der Waals surface area (Å²) in [4.78, 5) is 15.1. The van der Waals surface area contributed by atoms with Crippen LogP contribution in [-0.4, -0.2) is 15.0 Å². The Bertz CT molecular complexity index is 3150. The normalized spacial score (nSPS) is 11.9. The van der Waals surface area contributed by atoms with E-state index in [-0.39, 0.29) is 0 Å². The Hall–Kier alpha value is -7.05. The Labute approximate surface area is 290 Å². The third-order valence-corrected chi connectivity index (χ3v) is 9.76. The number of para-hydroxylation sites is 3. The van der Waals surface area contributed by atoms with Crippen molar-refractivity contribution in [2.45, 2.75) is 0 Å². The SMILES string of the molecule is c1ccc(-c2nc(-c3ccc4oc5cc(-c6cccc7c6oc6ccccc67)ccc5c4c3)nc(-c3cccc4oc5ccccc5c34)n2)cc1. The largest absolute Gasteiger partial charge is 0.456 e. The van der Waals surface area contributed by atoms with Crippen LogP contribution in [0.4, 0.5) is 0 Å². The molecule has 0 spiro atoms. The molecule has 0 saturated heterocycles. The number of hydrogen-bond donors (Lipinski definition) is 0. The molecule has 4 heterocycles. The summed E-state index contributed by atoms with van der Waals surface area (Å²) >= 11 is 0. The Morgan fingerprint density at radius 2 is 0.922 bits per heavy atom. The lowest BCUT2D eigenvalue weighted by atomic mass is 10.0. The first-order valence-electron chi connectivity index (χ1n) is 16.8. The van der Waals surface area contributed by atoms with Gasteiger partial charge >= 0.3 is 0 Å². The molecule has 238 valence electrons. The Kier molecular flexibility index (Phi) is 5.86. The Morgan fingerprint density at radius 1 is 0.314 bits per heavy atom. The van der Waals surface area contributed by atoms with E-state index in [1.807, 2.05) is 97.1 Å². The summed E-state index contributed by atoms with van der Waals surface area (Å²) in [5, 5.41) is 6.21. The van der Waals surface area contributed by atoms with Crippen LogP contribution in [0.2, 0.25) is 0 Å². The van der Waals surface area contributed by atoms with Gasteiger partial charge in [0.15, 0.2) is 17.5 Å². The van der Waals surface area contributed by atoms with Crippen LogP contribution in [0.25, 0.3) is 111 Å². The first kappa shape index (κ1) is 27.9. The molecular formula is C45H25N3O3. The summed E-state index contributed by atoms with van der Waals surface area (Å²) in [6.45, 7) is 0. The minimum Gasteiger partial charge on any atom is -0.456 e. The van der Waals surface area contributed by atoms with E-state index in [9.17, 15) is 0 Å². The lowest BCUT2D eigenvalue weighted by molar-refractivity contribution is 0.668. The molecule has 0 aliphatic heterocycles. The van der Waals surface area contributed by atoms with E-state index in [1.165, 1.54) is 0 Å². The molecule has 4 aromatic heterocycles. The fourth-order valence-electron chi connectivity index (χ4n) is 7.36. The van der Waals surface area contributed by atoms with Crippen molar-refractivity contribution in [3.63, 3.8) is 0 Å². The number of aromatic nitrogens is 3. The van der Waals surface area contributed by atoms with Gasteiger partial charge in [-0.15, -0.1) is 0 Å². The zero-order chi connectivity index (χ0) is 33.5. The van der Waals surface area contributed by atoms with Crippen molar-refractivity contribution >= 4 is 65.8 Å². The maximum Gasteiger partial charge on any atom is 0.164 e. The number of rotatable bonds is 4. The van der Waals surface area contributed by atoms with Gasteiger partial charge in [-0.25, -0.2) is 15.0 Å². The van der Waals surface area contributed by atoms with Gasteiger partial charge in [0.05, 0.1) is 0 Å². The summed E-state index contributed by atoms with van der Waals surface area (Å²) in [6.07, 6.45) is 0. The molecule has 0 aliphatic carbocycles. The van der Waals surface area contributed by atoms with Gasteiger partial charge in [-0.2, -0.15) is 0 Å². The van der Waals surface area contributed by atoms with Gasteiger partial charge in [-0.05, 0) is 54.1 Å². The van der Waals surface area contributed by atoms with E-state index < -0.39 is 0 Å². The maximum atomic E-state index is 6.45. The predicted molar refractivity (Wildman–Crippen MR) is 203 cm³/mol. The van der Waals surface area contributed by atoms with Crippen molar-refractivity contribution in [2.75, 3.05) is 0 Å². The Balaban J connectivity index is 1.07. The average Bonchev–Trinajstić information content (AvgIpc) is 3.88. The van der Waals surface area contributed by atoms with E-state index in [2.05, 4.69) is 54.6 Å². The van der Waals surface area contributed by atoms with Crippen LogP contribution >= 0.6 is 0 Å². The van der Waals surface area contributed by atoms with Gasteiger partial charge in [0.2, 0.25) is 0 Å². The number of nitrogens with zero attached hydrogens (tertiary/aromatic N) is 3. The molecule has 0 bridgehead atoms. The van der Waals surface area contributed by atoms with Crippen molar-refractivity contribution in [1.29, 1.82) is 0 Å². The van der Waals surface area contributed by atoms with Crippen molar-refractivity contribution in [3.05, 3.63) is 152 Å². The quantitative estimate of drug-likeness (QED) is 0.188. The van der Waals surface area contributed by atoms with Gasteiger partial charge < -0.3 is 13.3 Å². The van der Waals surface area contributed by atoms with Crippen molar-refractivity contribution in [2.24, 2.45) is 0 Å². The van der Waals surface area contributed by atoms with E-state index in [4.69, 9.17) is 28.2 Å². The molecule has 0 atom stereocenters. The van der Waals surface area contributed by atoms with Gasteiger partial charge in [0.25, 0.3) is 0 Å². The lowest BCUT2D eigenvalue weighted by Gasteiger charge is -2.09. The number of hydrogen-bond acceptors (Lipinski definition) is 6. The lowest BCUT2D eigenvalue weighted by Crippen LogP contribution is -2.00. The minimum atomic E-state index is 0.577. The molecule has 6 heteroatoms. The summed E-state index contributed by atoms with van der Waals surface area (Å²) in [7, 11) is 0. The van der Waals surface area contributed by atoms with E-state index >= 15 is 0 Å². The second kappa shape index (κ2) is 10.7. The van der Waals surface area contributed by atoms with E-state index in [0.717, 1.165) is 93.6 Å². The molecule has 0 saturated carbocycles. The third kappa shape index (κ3) is 4.33. The van der Waals surface area contributed by atoms with Crippen molar-refractivity contribution in [3.8, 4) is 45.3 Å². The van der Waals surface area contributed by atoms with Crippen LogP contribution in [-0.2, 0) is 0 Å². The van der Waals surface area contributed by atoms with Crippen LogP contribution in [0.3, 0.4) is 0 Å². The minimum absolute atomic E-state index is 0.577. The van der Waals surface area contributed by atoms with Gasteiger partial charge in [0.1, 0.15) is 33.5 Å². The Morgan fingerprint density at radius 3 is 1.80 bits per heavy atom. The monoisotopic (exact) mass is 655 g/mol. The zero-order valence-electron chi connectivity index (χ0n) is 27.0. The van der Waals surface area contributed by atoms with Crippen LogP contribution in [0.1, 0.15) is 0 Å². The fourth-order valence-corrected chi connectivity index (χ4v) is 7.36. The van der Waals surface area contributed by atoms with Crippen LogP contribution < -0.4 is 0 Å². The van der Waals surface area contributed by atoms with Crippen molar-refractivity contribution in [1.82, 2.24) is 15.0 Å². The van der Waals surface area contributed by atoms with Crippen LogP contribution in [0.5, 0.6) is 0 Å². The fraction of sp³-hybridized carbons (Fsp3) is 0. The average molecular weight is 656 g/mol. The smallest absolute Gasteiger partial charge is 0.164 e. The van der Waals surface area contributed by atoms with Gasteiger partial charge in [-0.3, -0.25) is 0 Å². The molecule has 0 aliphatic rings. The van der Waals surface area contributed by atoms with E-state index in [1.54, 1.807) is 0 Å². The molecule has 0 N–H and O–H groups in total. The molecule has 0 fully saturated rings. The first-order valence-corrected chi connectivity index (χ1v) is 16.8. The third-order valence-electron chi connectivity index (χ3n) is 9.76. The molecule has 0 radical (unpaired) electrons. The highest BCUT2D eigenvalue weighted by Crippen LogP contribution is 2.40. The molecule has 0 unspecified atom stereocenters. The standard InChI is InChI=1S/C45H25N3O3/c1-2-10-26(11-3-1)43-46-44(48-45(47-43)34-16-9-19-39-41(34)33-13-5-7-18-37(33)49-39)28-21-23-38-35(24-28)31-22-20-27(25-40(31)50-38)29-14-8-15-32-30-12-4-6-17-36(30)51-42(29)32/h1-25H. The summed E-state index contributed by atoms with van der Waals surface area (Å²) < 4.78 is 19.0. The second-order valence-electron chi connectivity index (χ2n) is 12.8. The van der Waals surface area contributed by atoms with Crippen molar-refractivity contribution < 1.29 is 13.3 Å². The summed E-state index contributed by atoms with van der Waals surface area (Å²) in [5.41, 5.74) is 9.68. The summed E-state index contributed by atoms with van der Waals surface area (Å²) in [5.74, 6) is 1.76. The van der Waals surface area contributed by atoms with Crippen LogP contribution in [0, 0.1) is 0 Å². The molecular weight excluding hydrogens is 631 g/mol. The molecule has 0 amide bonds. The number of benzene rings is 7. The summed E-state index contributed by atoms with van der Waals surface area (Å²) in [6, 6.07) is 51.0. The topological polar surface area (TPSA) is 78.1 Å². The highest BCUT2D eigenvalue weighted by atomic mass is 16.3. The first-order chi connectivity index (χ1) is 25.2. The van der Waals surface area contributed by atoms with Gasteiger partial charge in [-0.1, -0.05) is 103 Å². The van der Waals surface area contributed by atoms with Gasteiger partial charge in [0, 0.05) is 54.6 Å². The highest BCUT2D eigenvalue weighted by molar-refractivity contribution is 6.13.